The van der Waals surface area contributed by atoms with E-state index in [0.717, 1.165) is 10.4 Å². The highest BCUT2D eigenvalue weighted by atomic mass is 32.2. The van der Waals surface area contributed by atoms with Gasteiger partial charge >= 0.3 is 0 Å². The highest BCUT2D eigenvalue weighted by Gasteiger charge is 2.28. The van der Waals surface area contributed by atoms with Gasteiger partial charge in [-0.05, 0) is 35.9 Å². The van der Waals surface area contributed by atoms with Gasteiger partial charge in [-0.25, -0.2) is 12.8 Å². The average molecular weight is 446 g/mol. The van der Waals surface area contributed by atoms with Crippen molar-refractivity contribution in [3.05, 3.63) is 88.2 Å². The Labute approximate surface area is 178 Å². The molecule has 0 aromatic heterocycles. The Bertz CT molecular complexity index is 1220. The van der Waals surface area contributed by atoms with Crippen molar-refractivity contribution in [3.63, 3.8) is 0 Å². The summed E-state index contributed by atoms with van der Waals surface area (Å²) in [5, 5.41) is 11.1. The molecule has 0 spiro atoms. The molecular formula is C21H19FN2O6S. The molecule has 0 unspecified atom stereocenters. The minimum atomic E-state index is -4.26. The fourth-order valence-electron chi connectivity index (χ4n) is 2.98. The Morgan fingerprint density at radius 3 is 2.32 bits per heavy atom. The lowest BCUT2D eigenvalue weighted by Crippen LogP contribution is -2.30. The maximum atomic E-state index is 13.7. The van der Waals surface area contributed by atoms with Gasteiger partial charge in [-0.2, -0.15) is 0 Å². The van der Waals surface area contributed by atoms with Crippen molar-refractivity contribution >= 4 is 21.4 Å². The molecule has 0 saturated carbocycles. The first-order valence-corrected chi connectivity index (χ1v) is 10.4. The molecule has 0 N–H and O–H groups in total. The van der Waals surface area contributed by atoms with Crippen LogP contribution < -0.4 is 13.8 Å². The van der Waals surface area contributed by atoms with Gasteiger partial charge in [-0.3, -0.25) is 14.4 Å². The first-order valence-electron chi connectivity index (χ1n) is 9.00. The van der Waals surface area contributed by atoms with Gasteiger partial charge in [-0.15, -0.1) is 0 Å². The molecule has 162 valence electrons. The minimum absolute atomic E-state index is 0.210. The molecule has 3 aromatic rings. The summed E-state index contributed by atoms with van der Waals surface area (Å²) in [7, 11) is -1.40. The molecule has 3 rings (SSSR count). The van der Waals surface area contributed by atoms with Crippen molar-refractivity contribution in [2.75, 3.05) is 18.5 Å². The zero-order chi connectivity index (χ0) is 22.6. The van der Waals surface area contributed by atoms with Crippen molar-refractivity contribution in [2.45, 2.75) is 11.4 Å². The third kappa shape index (κ3) is 4.75. The fourth-order valence-corrected chi connectivity index (χ4v) is 4.47. The van der Waals surface area contributed by atoms with Gasteiger partial charge in [0.15, 0.2) is 11.5 Å². The molecule has 0 saturated heterocycles. The van der Waals surface area contributed by atoms with E-state index in [9.17, 15) is 22.9 Å². The molecule has 0 bridgehead atoms. The molecule has 31 heavy (non-hydrogen) atoms. The Morgan fingerprint density at radius 1 is 0.968 bits per heavy atom. The lowest BCUT2D eigenvalue weighted by Gasteiger charge is -2.25. The van der Waals surface area contributed by atoms with E-state index in [1.807, 2.05) is 0 Å². The summed E-state index contributed by atoms with van der Waals surface area (Å²) < 4.78 is 52.2. The van der Waals surface area contributed by atoms with Crippen molar-refractivity contribution in [1.82, 2.24) is 0 Å². The van der Waals surface area contributed by atoms with Gasteiger partial charge in [0.25, 0.3) is 15.7 Å². The summed E-state index contributed by atoms with van der Waals surface area (Å²) in [6, 6.07) is 14.8. The number of nitrogens with zero attached hydrogens (tertiary/aromatic N) is 2. The van der Waals surface area contributed by atoms with E-state index >= 15 is 0 Å². The molecule has 0 aliphatic heterocycles. The minimum Gasteiger partial charge on any atom is -0.493 e. The SMILES string of the molecule is COc1ccc(N(Cc2cccc(F)c2)S(=O)(=O)c2cccc([N+](=O)[O-])c2)cc1OC. The van der Waals surface area contributed by atoms with Crippen LogP contribution in [0.1, 0.15) is 5.56 Å². The van der Waals surface area contributed by atoms with Crippen LogP contribution in [0.4, 0.5) is 15.8 Å². The maximum Gasteiger partial charge on any atom is 0.270 e. The van der Waals surface area contributed by atoms with Crippen LogP contribution in [0, 0.1) is 15.9 Å². The standard InChI is InChI=1S/C21H19FN2O6S/c1-29-20-10-9-17(13-21(20)30-2)23(14-15-5-3-6-16(22)11-15)31(27,28)19-8-4-7-18(12-19)24(25)26/h3-13H,14H2,1-2H3. The molecule has 10 heteroatoms. The second-order valence-electron chi connectivity index (χ2n) is 6.44. The Kier molecular flexibility index (Phi) is 6.40. The Morgan fingerprint density at radius 2 is 1.68 bits per heavy atom. The van der Waals surface area contributed by atoms with Gasteiger partial charge in [0, 0.05) is 18.2 Å². The van der Waals surface area contributed by atoms with E-state index < -0.39 is 20.8 Å². The van der Waals surface area contributed by atoms with E-state index in [-0.39, 0.29) is 22.8 Å². The molecule has 0 atom stereocenters. The molecule has 0 amide bonds. The zero-order valence-electron chi connectivity index (χ0n) is 16.7. The van der Waals surface area contributed by atoms with Crippen LogP contribution >= 0.6 is 0 Å². The number of benzene rings is 3. The molecule has 3 aromatic carbocycles. The van der Waals surface area contributed by atoms with E-state index in [0.29, 0.717) is 17.1 Å². The monoisotopic (exact) mass is 446 g/mol. The number of anilines is 1. The van der Waals surface area contributed by atoms with Gasteiger partial charge in [0.1, 0.15) is 5.82 Å². The second kappa shape index (κ2) is 9.00. The summed E-state index contributed by atoms with van der Waals surface area (Å²) in [6.45, 7) is -0.210. The molecule has 0 aliphatic carbocycles. The number of ether oxygens (including phenoxy) is 2. The largest absolute Gasteiger partial charge is 0.493 e. The number of halogens is 1. The maximum absolute atomic E-state index is 13.7. The number of nitro benzene ring substituents is 1. The number of non-ortho nitro benzene ring substituents is 1. The Hall–Kier alpha value is -3.66. The topological polar surface area (TPSA) is 99.0 Å². The van der Waals surface area contributed by atoms with Crippen LogP contribution in [-0.4, -0.2) is 27.6 Å². The average Bonchev–Trinajstić information content (AvgIpc) is 2.77. The number of sulfonamides is 1. The summed E-state index contributed by atoms with van der Waals surface area (Å²) >= 11 is 0. The summed E-state index contributed by atoms with van der Waals surface area (Å²) in [5.41, 5.74) is 0.247. The van der Waals surface area contributed by atoms with Crippen LogP contribution in [0.2, 0.25) is 0 Å². The van der Waals surface area contributed by atoms with Gasteiger partial charge < -0.3 is 9.47 Å². The number of nitro groups is 1. The second-order valence-corrected chi connectivity index (χ2v) is 8.30. The highest BCUT2D eigenvalue weighted by Crippen LogP contribution is 2.35. The smallest absolute Gasteiger partial charge is 0.270 e. The van der Waals surface area contributed by atoms with Crippen LogP contribution in [-0.2, 0) is 16.6 Å². The number of hydrogen-bond acceptors (Lipinski definition) is 6. The summed E-state index contributed by atoms with van der Waals surface area (Å²) in [6.07, 6.45) is 0. The van der Waals surface area contributed by atoms with E-state index in [2.05, 4.69) is 0 Å². The zero-order valence-corrected chi connectivity index (χ0v) is 17.5. The van der Waals surface area contributed by atoms with E-state index in [4.69, 9.17) is 9.47 Å². The molecule has 0 fully saturated rings. The third-order valence-corrected chi connectivity index (χ3v) is 6.26. The van der Waals surface area contributed by atoms with Crippen molar-refractivity contribution < 1.29 is 27.2 Å². The predicted octanol–water partition coefficient (Wildman–Crippen LogP) is 4.15. The van der Waals surface area contributed by atoms with Crippen LogP contribution in [0.3, 0.4) is 0 Å². The van der Waals surface area contributed by atoms with Crippen LogP contribution in [0.5, 0.6) is 11.5 Å². The summed E-state index contributed by atoms with van der Waals surface area (Å²) in [5.74, 6) is 0.167. The molecule has 0 aliphatic rings. The van der Waals surface area contributed by atoms with Crippen LogP contribution in [0.25, 0.3) is 0 Å². The van der Waals surface area contributed by atoms with Gasteiger partial charge in [0.05, 0.1) is 36.3 Å². The quantitative estimate of drug-likeness (QED) is 0.381. The number of hydrogen-bond donors (Lipinski definition) is 0. The van der Waals surface area contributed by atoms with Crippen molar-refractivity contribution in [3.8, 4) is 11.5 Å². The van der Waals surface area contributed by atoms with Crippen LogP contribution in [0.15, 0.2) is 71.6 Å². The Balaban J connectivity index is 2.15. The van der Waals surface area contributed by atoms with E-state index in [1.165, 1.54) is 68.8 Å². The molecule has 8 nitrogen and oxygen atoms in total. The summed E-state index contributed by atoms with van der Waals surface area (Å²) in [4.78, 5) is 10.2. The normalized spacial score (nSPS) is 11.1. The number of rotatable bonds is 8. The third-order valence-electron chi connectivity index (χ3n) is 4.49. The lowest BCUT2D eigenvalue weighted by molar-refractivity contribution is -0.385. The molecular weight excluding hydrogens is 427 g/mol. The van der Waals surface area contributed by atoms with Gasteiger partial charge in [-0.1, -0.05) is 18.2 Å². The predicted molar refractivity (Wildman–Crippen MR) is 112 cm³/mol. The number of methoxy groups -OCH3 is 2. The van der Waals surface area contributed by atoms with Gasteiger partial charge in [0.2, 0.25) is 0 Å². The first-order chi connectivity index (χ1) is 14.8. The van der Waals surface area contributed by atoms with E-state index in [1.54, 1.807) is 6.07 Å². The van der Waals surface area contributed by atoms with Crippen molar-refractivity contribution in [2.24, 2.45) is 0 Å². The highest BCUT2D eigenvalue weighted by molar-refractivity contribution is 7.92. The fraction of sp³-hybridized carbons (Fsp3) is 0.143. The van der Waals surface area contributed by atoms with Crippen molar-refractivity contribution in [1.29, 1.82) is 0 Å². The lowest BCUT2D eigenvalue weighted by atomic mass is 10.2. The first kappa shape index (κ1) is 22.0. The molecule has 0 heterocycles. The molecule has 0 radical (unpaired) electrons.